The van der Waals surface area contributed by atoms with Crippen LogP contribution in [0.5, 0.6) is 0 Å². The van der Waals surface area contributed by atoms with Crippen LogP contribution in [0.2, 0.25) is 0 Å². The molecule has 1 N–H and O–H groups in total. The zero-order chi connectivity index (χ0) is 20.6. The second-order valence-corrected chi connectivity index (χ2v) is 7.35. The normalized spacial score (nSPS) is 10.9. The number of hydrogen-bond donors (Lipinski definition) is 1. The Morgan fingerprint density at radius 3 is 2.43 bits per heavy atom. The SMILES string of the molecule is CC(=O)c1[nH]c(C)c(C(=O)N(C)Cc2cccc(-n3nc(C)cc3C)c2)c1C. The van der Waals surface area contributed by atoms with Crippen LogP contribution in [0.3, 0.4) is 0 Å². The molecule has 0 fully saturated rings. The summed E-state index contributed by atoms with van der Waals surface area (Å²) in [6.07, 6.45) is 0. The van der Waals surface area contributed by atoms with Gasteiger partial charge in [-0.2, -0.15) is 5.10 Å². The number of aryl methyl sites for hydroxylation is 3. The van der Waals surface area contributed by atoms with E-state index < -0.39 is 0 Å². The number of nitrogens with one attached hydrogen (secondary N) is 1. The Balaban J connectivity index is 1.85. The molecule has 0 saturated carbocycles. The number of benzene rings is 1. The topological polar surface area (TPSA) is 71.0 Å². The summed E-state index contributed by atoms with van der Waals surface area (Å²) >= 11 is 0. The third-order valence-electron chi connectivity index (χ3n) is 4.93. The minimum atomic E-state index is -0.102. The fourth-order valence-corrected chi connectivity index (χ4v) is 3.64. The summed E-state index contributed by atoms with van der Waals surface area (Å²) in [6, 6.07) is 10.1. The van der Waals surface area contributed by atoms with Crippen LogP contribution in [0.25, 0.3) is 5.69 Å². The van der Waals surface area contributed by atoms with E-state index in [1.807, 2.05) is 62.7 Å². The number of amides is 1. The maximum atomic E-state index is 13.0. The largest absolute Gasteiger partial charge is 0.355 e. The number of hydrogen-bond acceptors (Lipinski definition) is 3. The first kappa shape index (κ1) is 19.6. The summed E-state index contributed by atoms with van der Waals surface area (Å²) in [4.78, 5) is 29.5. The lowest BCUT2D eigenvalue weighted by Gasteiger charge is -2.18. The van der Waals surface area contributed by atoms with Gasteiger partial charge in [0.1, 0.15) is 0 Å². The van der Waals surface area contributed by atoms with Gasteiger partial charge in [0.2, 0.25) is 0 Å². The number of H-pyrrole nitrogens is 1. The minimum Gasteiger partial charge on any atom is -0.355 e. The van der Waals surface area contributed by atoms with Crippen molar-refractivity contribution < 1.29 is 9.59 Å². The van der Waals surface area contributed by atoms with E-state index in [9.17, 15) is 9.59 Å². The van der Waals surface area contributed by atoms with Crippen molar-refractivity contribution in [3.05, 3.63) is 69.8 Å². The lowest BCUT2D eigenvalue weighted by molar-refractivity contribution is 0.0784. The van der Waals surface area contributed by atoms with Gasteiger partial charge in [-0.05, 0) is 57.0 Å². The highest BCUT2D eigenvalue weighted by Gasteiger charge is 2.22. The van der Waals surface area contributed by atoms with Crippen LogP contribution in [0.4, 0.5) is 0 Å². The van der Waals surface area contributed by atoms with Crippen LogP contribution in [0, 0.1) is 27.7 Å². The molecule has 0 atom stereocenters. The molecule has 0 radical (unpaired) electrons. The number of Topliss-reactive ketones (excluding diaryl/α,β-unsaturated/α-hetero) is 1. The van der Waals surface area contributed by atoms with Gasteiger partial charge in [-0.1, -0.05) is 12.1 Å². The highest BCUT2D eigenvalue weighted by molar-refractivity contribution is 6.02. The summed E-state index contributed by atoms with van der Waals surface area (Å²) in [5.41, 5.74) is 6.51. The van der Waals surface area contributed by atoms with Gasteiger partial charge in [0.25, 0.3) is 5.91 Å². The Morgan fingerprint density at radius 2 is 1.86 bits per heavy atom. The van der Waals surface area contributed by atoms with Crippen LogP contribution in [0.15, 0.2) is 30.3 Å². The Morgan fingerprint density at radius 1 is 1.14 bits per heavy atom. The summed E-state index contributed by atoms with van der Waals surface area (Å²) in [5.74, 6) is -0.171. The van der Waals surface area contributed by atoms with Crippen molar-refractivity contribution in [2.45, 2.75) is 41.2 Å². The molecule has 1 aromatic carbocycles. The maximum Gasteiger partial charge on any atom is 0.256 e. The van der Waals surface area contributed by atoms with Crippen molar-refractivity contribution in [3.8, 4) is 5.69 Å². The highest BCUT2D eigenvalue weighted by atomic mass is 16.2. The van der Waals surface area contributed by atoms with E-state index >= 15 is 0 Å². The molecule has 6 heteroatoms. The number of aromatic amines is 1. The molecular weight excluding hydrogens is 352 g/mol. The molecule has 0 spiro atoms. The minimum absolute atomic E-state index is 0.0695. The zero-order valence-electron chi connectivity index (χ0n) is 17.3. The maximum absolute atomic E-state index is 13.0. The van der Waals surface area contributed by atoms with Crippen molar-refractivity contribution in [1.29, 1.82) is 0 Å². The molecule has 6 nitrogen and oxygen atoms in total. The van der Waals surface area contributed by atoms with Crippen molar-refractivity contribution in [3.63, 3.8) is 0 Å². The number of carbonyl (C=O) groups is 2. The summed E-state index contributed by atoms with van der Waals surface area (Å²) < 4.78 is 1.90. The zero-order valence-corrected chi connectivity index (χ0v) is 17.3. The lowest BCUT2D eigenvalue weighted by atomic mass is 10.1. The van der Waals surface area contributed by atoms with Crippen molar-refractivity contribution in [2.24, 2.45) is 0 Å². The molecule has 0 aliphatic rings. The van der Waals surface area contributed by atoms with Gasteiger partial charge in [-0.15, -0.1) is 0 Å². The Kier molecular flexibility index (Phi) is 5.23. The fraction of sp³-hybridized carbons (Fsp3) is 0.318. The van der Waals surface area contributed by atoms with E-state index in [4.69, 9.17) is 0 Å². The Bertz CT molecular complexity index is 1060. The average molecular weight is 378 g/mol. The van der Waals surface area contributed by atoms with E-state index in [2.05, 4.69) is 10.1 Å². The third kappa shape index (κ3) is 3.63. The highest BCUT2D eigenvalue weighted by Crippen LogP contribution is 2.21. The van der Waals surface area contributed by atoms with Crippen LogP contribution in [-0.4, -0.2) is 38.4 Å². The second-order valence-electron chi connectivity index (χ2n) is 7.35. The van der Waals surface area contributed by atoms with E-state index in [1.54, 1.807) is 11.9 Å². The van der Waals surface area contributed by atoms with Crippen molar-refractivity contribution in [1.82, 2.24) is 19.7 Å². The third-order valence-corrected chi connectivity index (χ3v) is 4.93. The number of aromatic nitrogens is 3. The first-order valence-electron chi connectivity index (χ1n) is 9.27. The van der Waals surface area contributed by atoms with E-state index in [1.165, 1.54) is 6.92 Å². The predicted molar refractivity (Wildman–Crippen MR) is 109 cm³/mol. The Labute approximate surface area is 165 Å². The molecule has 0 bridgehead atoms. The number of ketones is 1. The quantitative estimate of drug-likeness (QED) is 0.684. The molecule has 0 aliphatic carbocycles. The van der Waals surface area contributed by atoms with Gasteiger partial charge in [0.15, 0.2) is 5.78 Å². The van der Waals surface area contributed by atoms with Gasteiger partial charge in [-0.25, -0.2) is 4.68 Å². The molecule has 3 rings (SSSR count). The predicted octanol–water partition coefficient (Wildman–Crippen LogP) is 3.91. The molecule has 0 aliphatic heterocycles. The summed E-state index contributed by atoms with van der Waals surface area (Å²) in [5, 5.41) is 4.53. The molecule has 0 saturated heterocycles. The fourth-order valence-electron chi connectivity index (χ4n) is 3.64. The van der Waals surface area contributed by atoms with Crippen LogP contribution in [0.1, 0.15) is 56.0 Å². The summed E-state index contributed by atoms with van der Waals surface area (Å²) in [7, 11) is 1.78. The van der Waals surface area contributed by atoms with Gasteiger partial charge in [0.05, 0.1) is 22.6 Å². The van der Waals surface area contributed by atoms with Gasteiger partial charge in [0, 0.05) is 31.9 Å². The van der Waals surface area contributed by atoms with E-state index in [0.29, 0.717) is 23.4 Å². The molecule has 146 valence electrons. The van der Waals surface area contributed by atoms with E-state index in [0.717, 1.165) is 28.3 Å². The molecule has 2 heterocycles. The van der Waals surface area contributed by atoms with Crippen LogP contribution in [-0.2, 0) is 6.54 Å². The molecule has 2 aromatic heterocycles. The number of rotatable bonds is 5. The monoisotopic (exact) mass is 378 g/mol. The van der Waals surface area contributed by atoms with Gasteiger partial charge >= 0.3 is 0 Å². The molecular formula is C22H26N4O2. The second kappa shape index (κ2) is 7.46. The first-order chi connectivity index (χ1) is 13.2. The average Bonchev–Trinajstić information content (AvgIpc) is 3.12. The van der Waals surface area contributed by atoms with Crippen LogP contribution < -0.4 is 0 Å². The van der Waals surface area contributed by atoms with Crippen molar-refractivity contribution >= 4 is 11.7 Å². The van der Waals surface area contributed by atoms with E-state index in [-0.39, 0.29) is 11.7 Å². The van der Waals surface area contributed by atoms with Crippen molar-refractivity contribution in [2.75, 3.05) is 7.05 Å². The molecule has 1 amide bonds. The molecule has 3 aromatic rings. The standard InChI is InChI=1S/C22H26N4O2/c1-13-10-14(2)26(24-13)19-9-7-8-18(11-19)12-25(6)22(28)20-15(3)21(17(5)27)23-16(20)4/h7-11,23H,12H2,1-6H3. The lowest BCUT2D eigenvalue weighted by Crippen LogP contribution is -2.27. The first-order valence-corrected chi connectivity index (χ1v) is 9.27. The van der Waals surface area contributed by atoms with Gasteiger partial charge < -0.3 is 9.88 Å². The summed E-state index contributed by atoms with van der Waals surface area (Å²) in [6.45, 7) is 9.59. The van der Waals surface area contributed by atoms with Crippen LogP contribution >= 0.6 is 0 Å². The Hall–Kier alpha value is -3.15. The number of carbonyl (C=O) groups excluding carboxylic acids is 2. The van der Waals surface area contributed by atoms with Gasteiger partial charge in [-0.3, -0.25) is 9.59 Å². The smallest absolute Gasteiger partial charge is 0.256 e. The molecule has 0 unspecified atom stereocenters. The molecule has 28 heavy (non-hydrogen) atoms. The number of nitrogens with zero attached hydrogens (tertiary/aromatic N) is 3.